The molecule has 5 nitrogen and oxygen atoms in total. The minimum atomic E-state index is -0.0682. The third kappa shape index (κ3) is 4.29. The maximum atomic E-state index is 12.4. The molecule has 1 amide bonds. The molecule has 2 heterocycles. The van der Waals surface area contributed by atoms with Crippen LogP contribution in [0.2, 0.25) is 5.02 Å². The second kappa shape index (κ2) is 8.51. The van der Waals surface area contributed by atoms with Crippen molar-refractivity contribution in [3.8, 4) is 5.69 Å². The molecule has 0 saturated carbocycles. The molecule has 2 aromatic rings. The summed E-state index contributed by atoms with van der Waals surface area (Å²) in [7, 11) is 0. The number of hydrogen-bond acceptors (Lipinski definition) is 3. The van der Waals surface area contributed by atoms with Gasteiger partial charge in [0.1, 0.15) is 0 Å². The molecule has 7 heteroatoms. The van der Waals surface area contributed by atoms with Gasteiger partial charge in [0.05, 0.1) is 23.1 Å². The Labute approximate surface area is 153 Å². The third-order valence-electron chi connectivity index (χ3n) is 4.26. The van der Waals surface area contributed by atoms with E-state index in [1.54, 1.807) is 10.9 Å². The van der Waals surface area contributed by atoms with Crippen LogP contribution in [-0.2, 0) is 0 Å². The number of carbonyl (C=O) groups is 1. The number of nitrogens with zero attached hydrogens (tertiary/aromatic N) is 2. The van der Waals surface area contributed by atoms with Crippen LogP contribution in [0.15, 0.2) is 30.5 Å². The van der Waals surface area contributed by atoms with E-state index in [0.717, 1.165) is 30.9 Å². The molecule has 1 aliphatic heterocycles. The molecule has 2 N–H and O–H groups in total. The lowest BCUT2D eigenvalue weighted by Crippen LogP contribution is -2.38. The van der Waals surface area contributed by atoms with Crippen molar-refractivity contribution >= 4 is 29.9 Å². The lowest BCUT2D eigenvalue weighted by Gasteiger charge is -2.22. The van der Waals surface area contributed by atoms with E-state index in [9.17, 15) is 4.79 Å². The van der Waals surface area contributed by atoms with Crippen LogP contribution in [0.4, 0.5) is 0 Å². The van der Waals surface area contributed by atoms with Crippen LogP contribution in [0, 0.1) is 12.8 Å². The number of rotatable bonds is 4. The molecule has 130 valence electrons. The molecule has 0 bridgehead atoms. The van der Waals surface area contributed by atoms with Crippen LogP contribution in [0.5, 0.6) is 0 Å². The fraction of sp³-hybridized carbons (Fsp3) is 0.412. The zero-order chi connectivity index (χ0) is 16.2. The SMILES string of the molecule is Cc1c(C(=O)NCC2CCCNC2)cnn1-c1cccc(Cl)c1.Cl. The molecule has 1 aromatic heterocycles. The molecular weight excluding hydrogens is 347 g/mol. The zero-order valence-electron chi connectivity index (χ0n) is 13.6. The highest BCUT2D eigenvalue weighted by Gasteiger charge is 2.18. The van der Waals surface area contributed by atoms with E-state index in [0.29, 0.717) is 23.0 Å². The summed E-state index contributed by atoms with van der Waals surface area (Å²) in [5.74, 6) is 0.442. The lowest BCUT2D eigenvalue weighted by atomic mass is 10.00. The molecule has 1 aromatic carbocycles. The van der Waals surface area contributed by atoms with Gasteiger partial charge >= 0.3 is 0 Å². The van der Waals surface area contributed by atoms with E-state index in [-0.39, 0.29) is 18.3 Å². The van der Waals surface area contributed by atoms with E-state index >= 15 is 0 Å². The van der Waals surface area contributed by atoms with Gasteiger partial charge in [-0.05, 0) is 57.0 Å². The van der Waals surface area contributed by atoms with Gasteiger partial charge in [0.2, 0.25) is 0 Å². The van der Waals surface area contributed by atoms with Crippen molar-refractivity contribution in [3.63, 3.8) is 0 Å². The molecule has 3 rings (SSSR count). The fourth-order valence-corrected chi connectivity index (χ4v) is 3.12. The third-order valence-corrected chi connectivity index (χ3v) is 4.49. The predicted octanol–water partition coefficient (Wildman–Crippen LogP) is 2.99. The van der Waals surface area contributed by atoms with Crippen LogP contribution in [0.25, 0.3) is 5.69 Å². The number of hydrogen-bond donors (Lipinski definition) is 2. The summed E-state index contributed by atoms with van der Waals surface area (Å²) in [4.78, 5) is 12.4. The molecule has 0 radical (unpaired) electrons. The highest BCUT2D eigenvalue weighted by molar-refractivity contribution is 6.30. The van der Waals surface area contributed by atoms with Crippen molar-refractivity contribution in [2.24, 2.45) is 5.92 Å². The van der Waals surface area contributed by atoms with Crippen molar-refractivity contribution in [1.29, 1.82) is 0 Å². The van der Waals surface area contributed by atoms with Gasteiger partial charge in [0.15, 0.2) is 0 Å². The number of aromatic nitrogens is 2. The average Bonchev–Trinajstić information content (AvgIpc) is 2.95. The monoisotopic (exact) mass is 368 g/mol. The minimum Gasteiger partial charge on any atom is -0.352 e. The van der Waals surface area contributed by atoms with Gasteiger partial charge in [0.25, 0.3) is 5.91 Å². The molecule has 1 saturated heterocycles. The van der Waals surface area contributed by atoms with Crippen molar-refractivity contribution < 1.29 is 4.79 Å². The number of benzene rings is 1. The van der Waals surface area contributed by atoms with Crippen molar-refractivity contribution in [2.75, 3.05) is 19.6 Å². The van der Waals surface area contributed by atoms with Crippen molar-refractivity contribution in [2.45, 2.75) is 19.8 Å². The summed E-state index contributed by atoms with van der Waals surface area (Å²) >= 11 is 6.03. The highest BCUT2D eigenvalue weighted by Crippen LogP contribution is 2.18. The normalized spacial score (nSPS) is 17.2. The molecule has 1 unspecified atom stereocenters. The summed E-state index contributed by atoms with van der Waals surface area (Å²) in [6.45, 7) is 4.65. The molecule has 0 spiro atoms. The Morgan fingerprint density at radius 1 is 1.50 bits per heavy atom. The quantitative estimate of drug-likeness (QED) is 0.871. The Morgan fingerprint density at radius 2 is 2.33 bits per heavy atom. The van der Waals surface area contributed by atoms with Crippen LogP contribution < -0.4 is 10.6 Å². The van der Waals surface area contributed by atoms with Gasteiger partial charge in [0, 0.05) is 11.6 Å². The number of halogens is 2. The topological polar surface area (TPSA) is 59.0 Å². The molecule has 1 fully saturated rings. The summed E-state index contributed by atoms with van der Waals surface area (Å²) in [6.07, 6.45) is 3.95. The van der Waals surface area contributed by atoms with Gasteiger partial charge in [-0.25, -0.2) is 4.68 Å². The number of carbonyl (C=O) groups excluding carboxylic acids is 1. The van der Waals surface area contributed by atoms with Crippen molar-refractivity contribution in [1.82, 2.24) is 20.4 Å². The van der Waals surface area contributed by atoms with Crippen LogP contribution >= 0.6 is 24.0 Å². The molecule has 24 heavy (non-hydrogen) atoms. The van der Waals surface area contributed by atoms with Crippen LogP contribution in [0.1, 0.15) is 28.9 Å². The van der Waals surface area contributed by atoms with Gasteiger partial charge in [-0.1, -0.05) is 17.7 Å². The Bertz CT molecular complexity index is 696. The largest absolute Gasteiger partial charge is 0.352 e. The first-order valence-electron chi connectivity index (χ1n) is 7.94. The van der Waals surface area contributed by atoms with Gasteiger partial charge in [-0.3, -0.25) is 4.79 Å². The number of nitrogens with one attached hydrogen (secondary N) is 2. The molecule has 1 atom stereocenters. The van der Waals surface area contributed by atoms with Crippen LogP contribution in [-0.4, -0.2) is 35.3 Å². The van der Waals surface area contributed by atoms with Gasteiger partial charge < -0.3 is 10.6 Å². The molecular formula is C17H22Cl2N4O. The Morgan fingerprint density at radius 3 is 3.04 bits per heavy atom. The molecule has 1 aliphatic rings. The Kier molecular flexibility index (Phi) is 6.66. The first-order chi connectivity index (χ1) is 11.1. The van der Waals surface area contributed by atoms with E-state index in [1.807, 2.05) is 31.2 Å². The smallest absolute Gasteiger partial charge is 0.254 e. The van der Waals surface area contributed by atoms with Gasteiger partial charge in [-0.2, -0.15) is 5.10 Å². The summed E-state index contributed by atoms with van der Waals surface area (Å²) in [5.41, 5.74) is 2.27. The van der Waals surface area contributed by atoms with E-state index in [2.05, 4.69) is 15.7 Å². The number of piperidine rings is 1. The maximum Gasteiger partial charge on any atom is 0.254 e. The van der Waals surface area contributed by atoms with E-state index in [1.165, 1.54) is 6.42 Å². The molecule has 0 aliphatic carbocycles. The van der Waals surface area contributed by atoms with Crippen molar-refractivity contribution in [3.05, 3.63) is 46.7 Å². The lowest BCUT2D eigenvalue weighted by molar-refractivity contribution is 0.0944. The van der Waals surface area contributed by atoms with Crippen LogP contribution in [0.3, 0.4) is 0 Å². The standard InChI is InChI=1S/C17H21ClN4O.ClH/c1-12-16(17(23)20-10-13-4-3-7-19-9-13)11-21-22(12)15-6-2-5-14(18)8-15;/h2,5-6,8,11,13,19H,3-4,7,9-10H2,1H3,(H,20,23);1H. The summed E-state index contributed by atoms with van der Waals surface area (Å²) < 4.78 is 1.74. The van der Waals surface area contributed by atoms with E-state index in [4.69, 9.17) is 11.6 Å². The first kappa shape index (κ1) is 18.8. The second-order valence-electron chi connectivity index (χ2n) is 5.96. The zero-order valence-corrected chi connectivity index (χ0v) is 15.2. The minimum absolute atomic E-state index is 0. The predicted molar refractivity (Wildman–Crippen MR) is 98.5 cm³/mol. The van der Waals surface area contributed by atoms with E-state index < -0.39 is 0 Å². The number of amides is 1. The fourth-order valence-electron chi connectivity index (χ4n) is 2.93. The van der Waals surface area contributed by atoms with Gasteiger partial charge in [-0.15, -0.1) is 12.4 Å². The Balaban J connectivity index is 0.00000208. The Hall–Kier alpha value is -1.56. The summed E-state index contributed by atoms with van der Waals surface area (Å²) in [5, 5.41) is 11.4. The summed E-state index contributed by atoms with van der Waals surface area (Å²) in [6, 6.07) is 7.43. The highest BCUT2D eigenvalue weighted by atomic mass is 35.5. The average molecular weight is 369 g/mol. The first-order valence-corrected chi connectivity index (χ1v) is 8.32. The second-order valence-corrected chi connectivity index (χ2v) is 6.39. The maximum absolute atomic E-state index is 12.4.